The zero-order chi connectivity index (χ0) is 27.2. The number of alkyl carbamates (subject to hydrolysis) is 1. The lowest BCUT2D eigenvalue weighted by Crippen LogP contribution is -2.34. The van der Waals surface area contributed by atoms with Crippen LogP contribution in [0.1, 0.15) is 53.2 Å². The van der Waals surface area contributed by atoms with Crippen molar-refractivity contribution in [3.8, 4) is 5.88 Å². The highest BCUT2D eigenvalue weighted by atomic mass is 16.6. The molecule has 1 aromatic rings. The summed E-state index contributed by atoms with van der Waals surface area (Å²) in [7, 11) is 0. The Kier molecular flexibility index (Phi) is 19.4. The van der Waals surface area contributed by atoms with Crippen LogP contribution in [0, 0.1) is 5.92 Å². The molecule has 1 atom stereocenters. The second kappa shape index (κ2) is 20.7. The van der Waals surface area contributed by atoms with Crippen LogP contribution >= 0.6 is 0 Å². The minimum absolute atomic E-state index is 0.250. The Morgan fingerprint density at radius 3 is 1.92 bits per heavy atom. The summed E-state index contributed by atoms with van der Waals surface area (Å²) in [5.74, 6) is 2.09. The van der Waals surface area contributed by atoms with Crippen molar-refractivity contribution in [1.82, 2.24) is 10.5 Å². The van der Waals surface area contributed by atoms with Crippen LogP contribution in [0.25, 0.3) is 0 Å². The molecular weight excluding hydrogens is 476 g/mol. The van der Waals surface area contributed by atoms with E-state index < -0.39 is 11.7 Å². The smallest absolute Gasteiger partial charge is 0.407 e. The highest BCUT2D eigenvalue weighted by Crippen LogP contribution is 2.26. The number of hydrogen-bond donors (Lipinski definition) is 2. The van der Waals surface area contributed by atoms with E-state index in [2.05, 4.69) is 31.2 Å². The maximum atomic E-state index is 11.4. The van der Waals surface area contributed by atoms with E-state index in [1.54, 1.807) is 0 Å². The summed E-state index contributed by atoms with van der Waals surface area (Å²) in [6, 6.07) is 1.83. The molecule has 0 saturated heterocycles. The normalized spacial score (nSPS) is 12.0. The van der Waals surface area contributed by atoms with Gasteiger partial charge < -0.3 is 43.4 Å². The summed E-state index contributed by atoms with van der Waals surface area (Å²) in [4.78, 5) is 19.8. The quantitative estimate of drug-likeness (QED) is 0.217. The fourth-order valence-electron chi connectivity index (χ4n) is 2.39. The first-order valence-corrected chi connectivity index (χ1v) is 12.1. The molecule has 1 unspecified atom stereocenters. The van der Waals surface area contributed by atoms with Crippen LogP contribution in [0.4, 0.5) is 4.79 Å². The maximum absolute atomic E-state index is 11.4. The van der Waals surface area contributed by atoms with Crippen molar-refractivity contribution < 1.29 is 47.6 Å². The predicted molar refractivity (Wildman–Crippen MR) is 131 cm³/mol. The van der Waals surface area contributed by atoms with Gasteiger partial charge in [0.25, 0.3) is 12.4 Å². The topological polar surface area (TPSA) is 148 Å². The van der Waals surface area contributed by atoms with Crippen molar-refractivity contribution in [3.63, 3.8) is 0 Å². The van der Waals surface area contributed by atoms with Crippen LogP contribution in [-0.2, 0) is 28.5 Å². The third-order valence-corrected chi connectivity index (χ3v) is 4.46. The van der Waals surface area contributed by atoms with Crippen molar-refractivity contribution in [3.05, 3.63) is 11.8 Å². The molecule has 36 heavy (non-hydrogen) atoms. The highest BCUT2D eigenvalue weighted by molar-refractivity contribution is 5.67. The number of carboxylic acid groups (broad SMARTS) is 1. The molecule has 210 valence electrons. The van der Waals surface area contributed by atoms with E-state index in [-0.39, 0.29) is 6.47 Å². The van der Waals surface area contributed by atoms with Gasteiger partial charge in [0.05, 0.1) is 52.9 Å². The lowest BCUT2D eigenvalue weighted by atomic mass is 9.96. The second-order valence-electron chi connectivity index (χ2n) is 8.93. The summed E-state index contributed by atoms with van der Waals surface area (Å²) in [5, 5.41) is 13.4. The van der Waals surface area contributed by atoms with Crippen LogP contribution < -0.4 is 10.1 Å². The van der Waals surface area contributed by atoms with Gasteiger partial charge in [-0.1, -0.05) is 20.8 Å². The van der Waals surface area contributed by atoms with Crippen molar-refractivity contribution in [2.45, 2.75) is 53.1 Å². The van der Waals surface area contributed by atoms with Gasteiger partial charge in [0.1, 0.15) is 18.0 Å². The van der Waals surface area contributed by atoms with Crippen molar-refractivity contribution >= 4 is 12.6 Å². The molecule has 12 nitrogen and oxygen atoms in total. The summed E-state index contributed by atoms with van der Waals surface area (Å²) in [5.41, 5.74) is -0.504. The van der Waals surface area contributed by atoms with E-state index in [0.29, 0.717) is 83.7 Å². The number of aromatic nitrogens is 1. The second-order valence-corrected chi connectivity index (χ2v) is 8.93. The first-order chi connectivity index (χ1) is 17.1. The zero-order valence-corrected chi connectivity index (χ0v) is 22.4. The molecule has 0 aliphatic carbocycles. The fraction of sp³-hybridized carbons (Fsp3) is 0.792. The maximum Gasteiger partial charge on any atom is 0.407 e. The van der Waals surface area contributed by atoms with Gasteiger partial charge in [-0.15, -0.1) is 0 Å². The summed E-state index contributed by atoms with van der Waals surface area (Å²) >= 11 is 0. The van der Waals surface area contributed by atoms with E-state index in [1.165, 1.54) is 0 Å². The highest BCUT2D eigenvalue weighted by Gasteiger charge is 2.16. The number of carbonyl (C=O) groups is 2. The zero-order valence-electron chi connectivity index (χ0n) is 22.4. The van der Waals surface area contributed by atoms with Gasteiger partial charge in [0, 0.05) is 18.5 Å². The number of nitrogens with zero attached hydrogens (tertiary/aromatic N) is 1. The molecule has 0 aliphatic rings. The molecule has 0 aromatic carbocycles. The van der Waals surface area contributed by atoms with E-state index in [1.807, 2.05) is 26.8 Å². The van der Waals surface area contributed by atoms with Gasteiger partial charge in [-0.3, -0.25) is 4.79 Å². The van der Waals surface area contributed by atoms with E-state index in [4.69, 9.17) is 42.8 Å². The number of amides is 1. The molecule has 2 N–H and O–H groups in total. The molecule has 0 bridgehead atoms. The SMILES string of the molecule is CC(C)C(C)c1cc(OCCOCCOCCOCCOCCNC(=O)OC(C)(C)C)no1.O=CO. The molecule has 0 fully saturated rings. The van der Waals surface area contributed by atoms with Gasteiger partial charge >= 0.3 is 6.09 Å². The predicted octanol–water partition coefficient (Wildman–Crippen LogP) is 3.10. The number of rotatable bonds is 18. The summed E-state index contributed by atoms with van der Waals surface area (Å²) in [6.45, 7) is 16.0. The van der Waals surface area contributed by atoms with Crippen LogP contribution in [0.2, 0.25) is 0 Å². The van der Waals surface area contributed by atoms with Gasteiger partial charge in [-0.05, 0) is 31.8 Å². The minimum atomic E-state index is -0.504. The minimum Gasteiger partial charge on any atom is -0.483 e. The van der Waals surface area contributed by atoms with Crippen molar-refractivity contribution in [2.75, 3.05) is 66.0 Å². The van der Waals surface area contributed by atoms with Crippen LogP contribution in [0.5, 0.6) is 5.88 Å². The van der Waals surface area contributed by atoms with E-state index in [0.717, 1.165) is 5.76 Å². The van der Waals surface area contributed by atoms with E-state index in [9.17, 15) is 4.79 Å². The standard InChI is InChI=1S/C23H42N2O8.CH2O2/c1-18(2)19(3)20-17-21(25-33-20)31-16-15-30-14-13-29-12-11-28-10-9-27-8-7-24-22(26)32-23(4,5)6;2-1-3/h17-19H,7-16H2,1-6H3,(H,24,26);1H,(H,2,3). The monoisotopic (exact) mass is 520 g/mol. The van der Waals surface area contributed by atoms with Gasteiger partial charge in [0.2, 0.25) is 0 Å². The Balaban J connectivity index is 0.00000387. The lowest BCUT2D eigenvalue weighted by molar-refractivity contribution is -0.122. The van der Waals surface area contributed by atoms with Crippen LogP contribution in [-0.4, -0.2) is 94.4 Å². The molecule has 0 spiro atoms. The van der Waals surface area contributed by atoms with Crippen molar-refractivity contribution in [2.24, 2.45) is 5.92 Å². The molecule has 0 aliphatic heterocycles. The third kappa shape index (κ3) is 19.8. The molecule has 0 saturated carbocycles. The molecule has 1 rings (SSSR count). The Morgan fingerprint density at radius 2 is 1.44 bits per heavy atom. The number of ether oxygens (including phenoxy) is 6. The lowest BCUT2D eigenvalue weighted by Gasteiger charge is -2.19. The molecule has 12 heteroatoms. The fourth-order valence-corrected chi connectivity index (χ4v) is 2.39. The average molecular weight is 521 g/mol. The molecule has 1 heterocycles. The molecular formula is C24H44N2O10. The summed E-state index contributed by atoms with van der Waals surface area (Å²) < 4.78 is 37.7. The largest absolute Gasteiger partial charge is 0.483 e. The average Bonchev–Trinajstić information content (AvgIpc) is 3.26. The first kappa shape index (κ1) is 33.6. The van der Waals surface area contributed by atoms with Gasteiger partial charge in [-0.25, -0.2) is 4.79 Å². The molecule has 0 radical (unpaired) electrons. The molecule has 1 aromatic heterocycles. The Morgan fingerprint density at radius 1 is 0.972 bits per heavy atom. The first-order valence-electron chi connectivity index (χ1n) is 12.1. The Hall–Kier alpha value is -2.41. The molecule has 1 amide bonds. The Bertz CT molecular complexity index is 676. The van der Waals surface area contributed by atoms with Crippen LogP contribution in [0.15, 0.2) is 10.6 Å². The van der Waals surface area contributed by atoms with Gasteiger partial charge in [0.15, 0.2) is 0 Å². The van der Waals surface area contributed by atoms with E-state index >= 15 is 0 Å². The number of carbonyl (C=O) groups excluding carboxylic acids is 1. The van der Waals surface area contributed by atoms with Crippen LogP contribution in [0.3, 0.4) is 0 Å². The number of nitrogens with one attached hydrogen (secondary N) is 1. The number of hydrogen-bond acceptors (Lipinski definition) is 10. The summed E-state index contributed by atoms with van der Waals surface area (Å²) in [6.07, 6.45) is -0.448. The third-order valence-electron chi connectivity index (χ3n) is 4.46. The van der Waals surface area contributed by atoms with Crippen molar-refractivity contribution in [1.29, 1.82) is 0 Å². The Labute approximate surface area is 213 Å². The van der Waals surface area contributed by atoms with Gasteiger partial charge in [-0.2, -0.15) is 0 Å².